The van der Waals surface area contributed by atoms with Crippen molar-refractivity contribution < 1.29 is 0 Å². The summed E-state index contributed by atoms with van der Waals surface area (Å²) in [6.07, 6.45) is 5.16. The van der Waals surface area contributed by atoms with Crippen LogP contribution in [-0.4, -0.2) is 19.5 Å². The highest BCUT2D eigenvalue weighted by Gasteiger charge is 2.08. The van der Waals surface area contributed by atoms with Gasteiger partial charge in [0.15, 0.2) is 0 Å². The summed E-state index contributed by atoms with van der Waals surface area (Å²) in [5, 5.41) is 1.08. The molecule has 3 aromatic heterocycles. The summed E-state index contributed by atoms with van der Waals surface area (Å²) in [5.74, 6) is 0. The highest BCUT2D eigenvalue weighted by molar-refractivity contribution is 6.03. The molecular weight excluding hydrogens is 176 g/mol. The molecule has 3 aromatic rings. The molecule has 0 spiro atoms. The third-order valence-electron chi connectivity index (χ3n) is 2.41. The molecule has 0 N–H and O–H groups in total. The lowest BCUT2D eigenvalue weighted by Gasteiger charge is -1.93. The van der Waals surface area contributed by atoms with Crippen molar-refractivity contribution in [2.75, 3.05) is 0 Å². The second-order valence-electron chi connectivity index (χ2n) is 3.19. The molecular formula is C10H8N4. The van der Waals surface area contributed by atoms with Gasteiger partial charge in [-0.1, -0.05) is 0 Å². The van der Waals surface area contributed by atoms with Crippen LogP contribution in [0.5, 0.6) is 0 Å². The van der Waals surface area contributed by atoms with Crippen molar-refractivity contribution in [3.8, 4) is 0 Å². The molecule has 0 unspecified atom stereocenters. The van der Waals surface area contributed by atoms with E-state index in [0.29, 0.717) is 0 Å². The fourth-order valence-electron chi connectivity index (χ4n) is 1.74. The second-order valence-corrected chi connectivity index (χ2v) is 3.19. The Bertz CT molecular complexity index is 558. The highest BCUT2D eigenvalue weighted by Crippen LogP contribution is 2.22. The Labute approximate surface area is 80.2 Å². The summed E-state index contributed by atoms with van der Waals surface area (Å²) < 4.78 is 2.00. The molecule has 14 heavy (non-hydrogen) atoms. The summed E-state index contributed by atoms with van der Waals surface area (Å²) in [6, 6.07) is 3.95. The normalized spacial score (nSPS) is 11.2. The number of fused-ring (bicyclic) bond motifs is 3. The minimum Gasteiger partial charge on any atom is -0.326 e. The maximum atomic E-state index is 4.31. The molecule has 0 saturated carbocycles. The van der Waals surface area contributed by atoms with Crippen molar-refractivity contribution in [1.82, 2.24) is 19.5 Å². The monoisotopic (exact) mass is 184 g/mol. The van der Waals surface area contributed by atoms with Gasteiger partial charge in [-0.15, -0.1) is 0 Å². The van der Waals surface area contributed by atoms with Crippen molar-refractivity contribution in [3.05, 3.63) is 30.9 Å². The average molecular weight is 184 g/mol. The second kappa shape index (κ2) is 2.51. The van der Waals surface area contributed by atoms with Crippen LogP contribution in [-0.2, 0) is 7.05 Å². The number of rotatable bonds is 0. The van der Waals surface area contributed by atoms with Crippen LogP contribution in [0.1, 0.15) is 0 Å². The van der Waals surface area contributed by atoms with Crippen LogP contribution in [0.2, 0.25) is 0 Å². The Kier molecular flexibility index (Phi) is 1.33. The van der Waals surface area contributed by atoms with Gasteiger partial charge >= 0.3 is 0 Å². The van der Waals surface area contributed by atoms with E-state index in [1.54, 1.807) is 12.5 Å². The minimum absolute atomic E-state index is 0.947. The lowest BCUT2D eigenvalue weighted by Crippen LogP contribution is -1.89. The predicted molar refractivity (Wildman–Crippen MR) is 53.8 cm³/mol. The van der Waals surface area contributed by atoms with Crippen LogP contribution in [0, 0.1) is 0 Å². The van der Waals surface area contributed by atoms with E-state index in [1.807, 2.05) is 29.9 Å². The first-order valence-electron chi connectivity index (χ1n) is 4.37. The predicted octanol–water partition coefficient (Wildman–Crippen LogP) is 1.52. The van der Waals surface area contributed by atoms with Gasteiger partial charge in [0.1, 0.15) is 17.5 Å². The molecule has 4 heteroatoms. The Morgan fingerprint density at radius 1 is 1.29 bits per heavy atom. The summed E-state index contributed by atoms with van der Waals surface area (Å²) in [4.78, 5) is 12.6. The number of aromatic nitrogens is 4. The van der Waals surface area contributed by atoms with Gasteiger partial charge in [0.2, 0.25) is 0 Å². The van der Waals surface area contributed by atoms with E-state index in [-0.39, 0.29) is 0 Å². The molecule has 0 atom stereocenters. The maximum Gasteiger partial charge on any atom is 0.142 e. The van der Waals surface area contributed by atoms with Crippen molar-refractivity contribution in [2.24, 2.45) is 7.05 Å². The van der Waals surface area contributed by atoms with Crippen LogP contribution in [0.4, 0.5) is 0 Å². The number of hydrogen-bond donors (Lipinski definition) is 0. The molecule has 0 aliphatic rings. The zero-order chi connectivity index (χ0) is 9.54. The van der Waals surface area contributed by atoms with Crippen LogP contribution < -0.4 is 0 Å². The van der Waals surface area contributed by atoms with Gasteiger partial charge in [-0.25, -0.2) is 15.0 Å². The van der Waals surface area contributed by atoms with Crippen molar-refractivity contribution in [1.29, 1.82) is 0 Å². The molecule has 0 fully saturated rings. The van der Waals surface area contributed by atoms with E-state index in [9.17, 15) is 0 Å². The first-order chi connectivity index (χ1) is 6.88. The molecule has 68 valence electrons. The zero-order valence-corrected chi connectivity index (χ0v) is 7.68. The van der Waals surface area contributed by atoms with E-state index >= 15 is 0 Å². The molecule has 0 aromatic carbocycles. The largest absolute Gasteiger partial charge is 0.326 e. The van der Waals surface area contributed by atoms with Gasteiger partial charge in [0.25, 0.3) is 0 Å². The first-order valence-corrected chi connectivity index (χ1v) is 4.37. The van der Waals surface area contributed by atoms with Gasteiger partial charge in [0, 0.05) is 18.6 Å². The Hall–Kier alpha value is -1.97. The molecule has 0 radical (unpaired) electrons. The molecule has 4 nitrogen and oxygen atoms in total. The van der Waals surface area contributed by atoms with E-state index in [0.717, 1.165) is 22.1 Å². The summed E-state index contributed by atoms with van der Waals surface area (Å²) in [5.41, 5.74) is 2.93. The number of nitrogens with zero attached hydrogens (tertiary/aromatic N) is 4. The molecule has 0 saturated heterocycles. The number of hydrogen-bond acceptors (Lipinski definition) is 3. The zero-order valence-electron chi connectivity index (χ0n) is 7.68. The minimum atomic E-state index is 0.947. The van der Waals surface area contributed by atoms with Crippen LogP contribution in [0.25, 0.3) is 22.1 Å². The maximum absolute atomic E-state index is 4.31. The average Bonchev–Trinajstić information content (AvgIpc) is 2.55. The van der Waals surface area contributed by atoms with E-state index in [4.69, 9.17) is 0 Å². The Balaban J connectivity index is 2.69. The van der Waals surface area contributed by atoms with Crippen molar-refractivity contribution in [3.63, 3.8) is 0 Å². The van der Waals surface area contributed by atoms with Crippen LogP contribution in [0.3, 0.4) is 0 Å². The van der Waals surface area contributed by atoms with Gasteiger partial charge < -0.3 is 4.57 Å². The van der Waals surface area contributed by atoms with E-state index in [1.165, 1.54) is 0 Å². The summed E-state index contributed by atoms with van der Waals surface area (Å²) in [6.45, 7) is 0. The third kappa shape index (κ3) is 0.797. The van der Waals surface area contributed by atoms with Crippen LogP contribution in [0.15, 0.2) is 30.9 Å². The lowest BCUT2D eigenvalue weighted by molar-refractivity contribution is 0.981. The molecule has 0 bridgehead atoms. The molecule has 3 rings (SSSR count). The molecule has 0 amide bonds. The fraction of sp³-hybridized carbons (Fsp3) is 0.100. The fourth-order valence-corrected chi connectivity index (χ4v) is 1.74. The van der Waals surface area contributed by atoms with E-state index < -0.39 is 0 Å². The summed E-state index contributed by atoms with van der Waals surface area (Å²) in [7, 11) is 1.97. The lowest BCUT2D eigenvalue weighted by atomic mass is 10.3. The molecule has 0 aliphatic carbocycles. The Morgan fingerprint density at radius 3 is 3.14 bits per heavy atom. The third-order valence-corrected chi connectivity index (χ3v) is 2.41. The standard InChI is InChI=1S/C10H8N4/c1-14-8-5-11-6-13-9(8)7-3-2-4-12-10(7)14/h2-6H,1H3. The van der Waals surface area contributed by atoms with Gasteiger partial charge in [-0.2, -0.15) is 0 Å². The molecule has 3 heterocycles. The highest BCUT2D eigenvalue weighted by atomic mass is 15.0. The quantitative estimate of drug-likeness (QED) is 0.532. The topological polar surface area (TPSA) is 43.6 Å². The smallest absolute Gasteiger partial charge is 0.142 e. The number of aryl methyl sites for hydroxylation is 1. The number of pyridine rings is 1. The van der Waals surface area contributed by atoms with Crippen molar-refractivity contribution >= 4 is 22.1 Å². The van der Waals surface area contributed by atoms with Gasteiger partial charge in [0.05, 0.1) is 11.7 Å². The van der Waals surface area contributed by atoms with Crippen LogP contribution >= 0.6 is 0 Å². The SMILES string of the molecule is Cn1c2cncnc2c2cccnc21. The van der Waals surface area contributed by atoms with Crippen molar-refractivity contribution in [2.45, 2.75) is 0 Å². The van der Waals surface area contributed by atoms with E-state index in [2.05, 4.69) is 15.0 Å². The molecule has 0 aliphatic heterocycles. The first kappa shape index (κ1) is 7.44. The van der Waals surface area contributed by atoms with Gasteiger partial charge in [-0.05, 0) is 12.1 Å². The summed E-state index contributed by atoms with van der Waals surface area (Å²) >= 11 is 0. The van der Waals surface area contributed by atoms with Gasteiger partial charge in [-0.3, -0.25) is 0 Å². The Morgan fingerprint density at radius 2 is 2.21 bits per heavy atom.